The summed E-state index contributed by atoms with van der Waals surface area (Å²) in [6.07, 6.45) is 0.0179. The van der Waals surface area contributed by atoms with Gasteiger partial charge in [0.2, 0.25) is 0 Å². The molecule has 0 unspecified atom stereocenters. The van der Waals surface area contributed by atoms with Gasteiger partial charge in [0.05, 0.1) is 18.1 Å². The molecule has 0 aliphatic heterocycles. The number of nitrogens with zero attached hydrogens (tertiary/aromatic N) is 2. The summed E-state index contributed by atoms with van der Waals surface area (Å²) in [6.45, 7) is -3.67. The van der Waals surface area contributed by atoms with Crippen LogP contribution in [0, 0.1) is 17.1 Å². The third-order valence-electron chi connectivity index (χ3n) is 3.51. The minimum atomic E-state index is -3.04. The number of ether oxygens (including phenoxy) is 2. The zero-order valence-electron chi connectivity index (χ0n) is 14.5. The molecule has 9 heteroatoms. The van der Waals surface area contributed by atoms with Gasteiger partial charge in [-0.1, -0.05) is 6.07 Å². The highest BCUT2D eigenvalue weighted by Crippen LogP contribution is 2.18. The summed E-state index contributed by atoms with van der Waals surface area (Å²) in [4.78, 5) is 25.7. The molecule has 146 valence electrons. The number of rotatable bonds is 8. The Hall–Kier alpha value is -3.54. The van der Waals surface area contributed by atoms with Gasteiger partial charge in [0.25, 0.3) is 5.91 Å². The summed E-state index contributed by atoms with van der Waals surface area (Å²) in [7, 11) is 0. The molecule has 0 saturated heterocycles. The molecule has 0 radical (unpaired) electrons. The van der Waals surface area contributed by atoms with Crippen molar-refractivity contribution in [3.8, 4) is 11.8 Å². The van der Waals surface area contributed by atoms with Crippen molar-refractivity contribution in [2.75, 3.05) is 18.1 Å². The van der Waals surface area contributed by atoms with Crippen LogP contribution < -0.4 is 9.64 Å². The van der Waals surface area contributed by atoms with Gasteiger partial charge in [0.1, 0.15) is 11.6 Å². The molecule has 6 nitrogen and oxygen atoms in total. The van der Waals surface area contributed by atoms with Crippen LogP contribution in [0.5, 0.6) is 5.75 Å². The third kappa shape index (κ3) is 6.02. The molecule has 0 saturated carbocycles. The number of esters is 1. The lowest BCUT2D eigenvalue weighted by Gasteiger charge is -2.21. The molecule has 28 heavy (non-hydrogen) atoms. The van der Waals surface area contributed by atoms with Gasteiger partial charge in [-0.2, -0.15) is 14.0 Å². The number of benzene rings is 2. The Morgan fingerprint density at radius 2 is 1.86 bits per heavy atom. The van der Waals surface area contributed by atoms with Gasteiger partial charge in [0, 0.05) is 12.2 Å². The van der Waals surface area contributed by atoms with Crippen LogP contribution in [0.1, 0.15) is 16.8 Å². The number of hydrogen-bond donors (Lipinski definition) is 0. The summed E-state index contributed by atoms with van der Waals surface area (Å²) in [6, 6.07) is 11.9. The van der Waals surface area contributed by atoms with E-state index < -0.39 is 30.9 Å². The molecule has 0 N–H and O–H groups in total. The van der Waals surface area contributed by atoms with E-state index in [9.17, 15) is 22.8 Å². The number of halogens is 3. The first-order valence-corrected chi connectivity index (χ1v) is 8.05. The van der Waals surface area contributed by atoms with Crippen LogP contribution in [0.25, 0.3) is 0 Å². The zero-order chi connectivity index (χ0) is 20.5. The highest BCUT2D eigenvalue weighted by Gasteiger charge is 2.19. The average Bonchev–Trinajstić information content (AvgIpc) is 2.67. The molecular formula is C19H15F3N2O4. The Morgan fingerprint density at radius 3 is 2.50 bits per heavy atom. The van der Waals surface area contributed by atoms with Crippen LogP contribution in [0.2, 0.25) is 0 Å². The quantitative estimate of drug-likeness (QED) is 0.642. The van der Waals surface area contributed by atoms with Crippen molar-refractivity contribution in [3.63, 3.8) is 0 Å². The van der Waals surface area contributed by atoms with Crippen LogP contribution in [0.4, 0.5) is 18.9 Å². The van der Waals surface area contributed by atoms with Gasteiger partial charge in [-0.3, -0.25) is 4.79 Å². The highest BCUT2D eigenvalue weighted by atomic mass is 19.3. The Bertz CT molecular complexity index is 866. The van der Waals surface area contributed by atoms with Crippen LogP contribution in [0.3, 0.4) is 0 Å². The standard InChI is InChI=1S/C19H15F3N2O4/c20-14-5-7-15(8-6-14)24(10-2-9-23)17(25)12-27-18(26)13-3-1-4-16(11-13)28-19(21)22/h1,3-8,11,19H,2,10,12H2. The summed E-state index contributed by atoms with van der Waals surface area (Å²) < 4.78 is 46.7. The van der Waals surface area contributed by atoms with Gasteiger partial charge in [0.15, 0.2) is 6.61 Å². The van der Waals surface area contributed by atoms with E-state index in [1.165, 1.54) is 35.2 Å². The van der Waals surface area contributed by atoms with Gasteiger partial charge >= 0.3 is 12.6 Å². The summed E-state index contributed by atoms with van der Waals surface area (Å²) in [5, 5.41) is 8.74. The smallest absolute Gasteiger partial charge is 0.387 e. The van der Waals surface area contributed by atoms with E-state index >= 15 is 0 Å². The first-order valence-electron chi connectivity index (χ1n) is 8.05. The average molecular weight is 392 g/mol. The van der Waals surface area contributed by atoms with E-state index in [0.717, 1.165) is 18.2 Å². The first-order chi connectivity index (χ1) is 13.4. The van der Waals surface area contributed by atoms with Crippen molar-refractivity contribution in [1.29, 1.82) is 5.26 Å². The summed E-state index contributed by atoms with van der Waals surface area (Å²) >= 11 is 0. The number of amides is 1. The largest absolute Gasteiger partial charge is 0.452 e. The minimum absolute atomic E-state index is 0.0179. The van der Waals surface area contributed by atoms with E-state index in [2.05, 4.69) is 4.74 Å². The summed E-state index contributed by atoms with van der Waals surface area (Å²) in [5.74, 6) is -2.26. The fourth-order valence-corrected chi connectivity index (χ4v) is 2.27. The maximum atomic E-state index is 13.1. The number of carbonyl (C=O) groups excluding carboxylic acids is 2. The van der Waals surface area contributed by atoms with Gasteiger partial charge in [-0.15, -0.1) is 0 Å². The first kappa shape index (κ1) is 20.8. The molecule has 0 fully saturated rings. The number of carbonyl (C=O) groups is 2. The van der Waals surface area contributed by atoms with Gasteiger partial charge in [-0.05, 0) is 42.5 Å². The van der Waals surface area contributed by atoms with E-state index in [1.807, 2.05) is 6.07 Å². The van der Waals surface area contributed by atoms with E-state index in [4.69, 9.17) is 10.00 Å². The molecule has 0 spiro atoms. The predicted molar refractivity (Wildman–Crippen MR) is 92.3 cm³/mol. The van der Waals surface area contributed by atoms with Crippen molar-refractivity contribution in [1.82, 2.24) is 0 Å². The lowest BCUT2D eigenvalue weighted by molar-refractivity contribution is -0.121. The molecule has 0 heterocycles. The maximum absolute atomic E-state index is 13.1. The van der Waals surface area contributed by atoms with Gasteiger partial charge in [-0.25, -0.2) is 9.18 Å². The third-order valence-corrected chi connectivity index (χ3v) is 3.51. The second-order valence-electron chi connectivity index (χ2n) is 5.41. The van der Waals surface area contributed by atoms with E-state index in [-0.39, 0.29) is 24.3 Å². The van der Waals surface area contributed by atoms with Crippen LogP contribution in [-0.4, -0.2) is 31.6 Å². The molecular weight excluding hydrogens is 377 g/mol. The minimum Gasteiger partial charge on any atom is -0.452 e. The number of hydrogen-bond acceptors (Lipinski definition) is 5. The molecule has 0 aliphatic carbocycles. The van der Waals surface area contributed by atoms with Crippen LogP contribution in [0.15, 0.2) is 48.5 Å². The second-order valence-corrected chi connectivity index (χ2v) is 5.41. The van der Waals surface area contributed by atoms with Crippen molar-refractivity contribution >= 4 is 17.6 Å². The Kier molecular flexibility index (Phi) is 7.39. The van der Waals surface area contributed by atoms with Crippen LogP contribution in [-0.2, 0) is 9.53 Å². The molecule has 0 aromatic heterocycles. The number of alkyl halides is 2. The molecule has 2 rings (SSSR count). The molecule has 0 atom stereocenters. The van der Waals surface area contributed by atoms with Gasteiger partial charge < -0.3 is 14.4 Å². The molecule has 0 bridgehead atoms. The lowest BCUT2D eigenvalue weighted by Crippen LogP contribution is -2.35. The SMILES string of the molecule is N#CCCN(C(=O)COC(=O)c1cccc(OC(F)F)c1)c1ccc(F)cc1. The fraction of sp³-hybridized carbons (Fsp3) is 0.211. The summed E-state index contributed by atoms with van der Waals surface area (Å²) in [5.41, 5.74) is 0.265. The molecule has 2 aromatic rings. The predicted octanol–water partition coefficient (Wildman–Crippen LogP) is 3.53. The highest BCUT2D eigenvalue weighted by molar-refractivity contribution is 5.97. The topological polar surface area (TPSA) is 79.6 Å². The second kappa shape index (κ2) is 9.97. The lowest BCUT2D eigenvalue weighted by atomic mass is 10.2. The monoisotopic (exact) mass is 392 g/mol. The molecule has 1 amide bonds. The van der Waals surface area contributed by atoms with Crippen molar-refractivity contribution in [2.45, 2.75) is 13.0 Å². The molecule has 0 aliphatic rings. The molecule has 2 aromatic carbocycles. The van der Waals surface area contributed by atoms with Crippen molar-refractivity contribution < 1.29 is 32.2 Å². The number of anilines is 1. The fourth-order valence-electron chi connectivity index (χ4n) is 2.27. The maximum Gasteiger partial charge on any atom is 0.387 e. The Morgan fingerprint density at radius 1 is 1.14 bits per heavy atom. The van der Waals surface area contributed by atoms with E-state index in [1.54, 1.807) is 0 Å². The van der Waals surface area contributed by atoms with Crippen LogP contribution >= 0.6 is 0 Å². The van der Waals surface area contributed by atoms with Crippen molar-refractivity contribution in [2.24, 2.45) is 0 Å². The Balaban J connectivity index is 2.04. The zero-order valence-corrected chi connectivity index (χ0v) is 14.5. The number of nitriles is 1. The Labute approximate surface area is 158 Å². The normalized spacial score (nSPS) is 10.2. The van der Waals surface area contributed by atoms with E-state index in [0.29, 0.717) is 5.69 Å². The van der Waals surface area contributed by atoms with Crippen molar-refractivity contribution in [3.05, 3.63) is 59.9 Å².